The van der Waals surface area contributed by atoms with Crippen molar-refractivity contribution in [2.24, 2.45) is 11.8 Å². The van der Waals surface area contributed by atoms with Crippen LogP contribution in [0.15, 0.2) is 28.8 Å². The Hall–Kier alpha value is -3.29. The Morgan fingerprint density at radius 3 is 2.70 bits per heavy atom. The number of amides is 2. The van der Waals surface area contributed by atoms with Gasteiger partial charge in [0.25, 0.3) is 5.91 Å². The second-order valence-corrected chi connectivity index (χ2v) is 8.90. The van der Waals surface area contributed by atoms with Crippen molar-refractivity contribution in [3.63, 3.8) is 0 Å². The second-order valence-electron chi connectivity index (χ2n) is 8.90. The van der Waals surface area contributed by atoms with Crippen molar-refractivity contribution < 1.29 is 18.8 Å². The van der Waals surface area contributed by atoms with Crippen LogP contribution >= 0.6 is 0 Å². The average molecular weight is 453 g/mol. The van der Waals surface area contributed by atoms with Gasteiger partial charge in [-0.25, -0.2) is 0 Å². The number of methoxy groups -OCH3 is 1. The monoisotopic (exact) mass is 452 g/mol. The quantitative estimate of drug-likeness (QED) is 0.570. The zero-order valence-corrected chi connectivity index (χ0v) is 19.7. The molecule has 176 valence electrons. The fraction of sp³-hybridized carbons (Fsp3) is 0.480. The Labute approximate surface area is 193 Å². The summed E-state index contributed by atoms with van der Waals surface area (Å²) in [6.45, 7) is 7.66. The number of likely N-dealkylation sites (tertiary alicyclic amines) is 1. The molecular weight excluding hydrogens is 420 g/mol. The number of ether oxygens (including phenoxy) is 1. The number of carbonyl (C=O) groups is 2. The molecule has 2 aromatic heterocycles. The van der Waals surface area contributed by atoms with Gasteiger partial charge in [-0.05, 0) is 57.2 Å². The summed E-state index contributed by atoms with van der Waals surface area (Å²) in [6, 6.07) is 7.61. The second kappa shape index (κ2) is 9.68. The van der Waals surface area contributed by atoms with Gasteiger partial charge in [0.1, 0.15) is 17.2 Å². The topological polar surface area (TPSA) is 100 Å². The number of fused-ring (bicyclic) bond motifs is 1. The number of rotatable bonds is 7. The van der Waals surface area contributed by atoms with Gasteiger partial charge >= 0.3 is 0 Å². The first kappa shape index (κ1) is 22.9. The summed E-state index contributed by atoms with van der Waals surface area (Å²) < 4.78 is 10.4. The molecule has 1 aliphatic heterocycles. The van der Waals surface area contributed by atoms with Crippen LogP contribution in [0.3, 0.4) is 0 Å². The minimum atomic E-state index is -0.0903. The van der Waals surface area contributed by atoms with E-state index in [2.05, 4.69) is 15.5 Å². The van der Waals surface area contributed by atoms with Crippen LogP contribution in [-0.4, -0.2) is 53.6 Å². The van der Waals surface area contributed by atoms with E-state index in [1.165, 1.54) is 0 Å². The predicted octanol–water partition coefficient (Wildman–Crippen LogP) is 3.63. The predicted molar refractivity (Wildman–Crippen MR) is 125 cm³/mol. The molecule has 0 unspecified atom stereocenters. The minimum absolute atomic E-state index is 0.000169. The van der Waals surface area contributed by atoms with Gasteiger partial charge in [0.05, 0.1) is 12.8 Å². The van der Waals surface area contributed by atoms with Gasteiger partial charge in [0, 0.05) is 48.1 Å². The zero-order chi connectivity index (χ0) is 23.5. The highest BCUT2D eigenvalue weighted by Gasteiger charge is 2.30. The lowest BCUT2D eigenvalue weighted by Crippen LogP contribution is -2.43. The average Bonchev–Trinajstić information content (AvgIpc) is 3.40. The molecule has 0 saturated carbocycles. The molecule has 3 heterocycles. The summed E-state index contributed by atoms with van der Waals surface area (Å²) in [5.74, 6) is 1.80. The molecule has 0 aliphatic carbocycles. The number of piperidine rings is 1. The number of aromatic nitrogens is 2. The maximum atomic E-state index is 13.0. The minimum Gasteiger partial charge on any atom is -0.497 e. The smallest absolute Gasteiger partial charge is 0.270 e. The fourth-order valence-electron chi connectivity index (χ4n) is 4.67. The number of H-pyrrole nitrogens is 1. The van der Waals surface area contributed by atoms with Gasteiger partial charge in [-0.3, -0.25) is 9.59 Å². The standard InChI is InChI=1S/C25H32N4O4/c1-15(24(30)26-10-7-21-16(2)28-33-17(21)3)18-8-11-29(12-9-18)25(31)23-13-19-5-6-20(32-4)14-22(19)27-23/h5-6,13-15,18,27H,7-12H2,1-4H3,(H,26,30)/t15-/m1/s1. The summed E-state index contributed by atoms with van der Waals surface area (Å²) in [7, 11) is 1.63. The first-order chi connectivity index (χ1) is 15.9. The van der Waals surface area contributed by atoms with Crippen molar-refractivity contribution in [3.05, 3.63) is 47.0 Å². The lowest BCUT2D eigenvalue weighted by molar-refractivity contribution is -0.126. The van der Waals surface area contributed by atoms with E-state index in [0.29, 0.717) is 31.7 Å². The Morgan fingerprint density at radius 2 is 2.03 bits per heavy atom. The van der Waals surface area contributed by atoms with Crippen LogP contribution in [0.4, 0.5) is 0 Å². The molecule has 2 N–H and O–H groups in total. The molecule has 0 spiro atoms. The molecule has 1 aliphatic rings. The van der Waals surface area contributed by atoms with Crippen molar-refractivity contribution in [3.8, 4) is 5.75 Å². The van der Waals surface area contributed by atoms with Gasteiger partial charge in [0.2, 0.25) is 5.91 Å². The van der Waals surface area contributed by atoms with E-state index in [0.717, 1.165) is 46.5 Å². The van der Waals surface area contributed by atoms with E-state index < -0.39 is 0 Å². The third-order valence-electron chi connectivity index (χ3n) is 6.86. The molecule has 8 nitrogen and oxygen atoms in total. The fourth-order valence-corrected chi connectivity index (χ4v) is 4.67. The molecule has 4 rings (SSSR count). The lowest BCUT2D eigenvalue weighted by Gasteiger charge is -2.34. The number of carbonyl (C=O) groups excluding carboxylic acids is 2. The summed E-state index contributed by atoms with van der Waals surface area (Å²) >= 11 is 0. The number of hydrogen-bond donors (Lipinski definition) is 2. The van der Waals surface area contributed by atoms with E-state index in [4.69, 9.17) is 9.26 Å². The molecule has 3 aromatic rings. The van der Waals surface area contributed by atoms with Gasteiger partial charge in [-0.2, -0.15) is 0 Å². The molecule has 1 aromatic carbocycles. The highest BCUT2D eigenvalue weighted by atomic mass is 16.5. The summed E-state index contributed by atoms with van der Waals surface area (Å²) in [5.41, 5.74) is 3.41. The number of nitrogens with one attached hydrogen (secondary N) is 2. The van der Waals surface area contributed by atoms with Gasteiger partial charge in [0.15, 0.2) is 0 Å². The molecule has 1 atom stereocenters. The van der Waals surface area contributed by atoms with Gasteiger partial charge < -0.3 is 24.5 Å². The Morgan fingerprint density at radius 1 is 1.27 bits per heavy atom. The SMILES string of the molecule is COc1ccc2cc(C(=O)N3CCC([C@@H](C)C(=O)NCCc4c(C)noc4C)CC3)[nH]c2c1. The molecular formula is C25H32N4O4. The third kappa shape index (κ3) is 4.89. The van der Waals surface area contributed by atoms with E-state index in [1.54, 1.807) is 7.11 Å². The third-order valence-corrected chi connectivity index (χ3v) is 6.86. The molecule has 8 heteroatoms. The lowest BCUT2D eigenvalue weighted by atomic mass is 9.84. The van der Waals surface area contributed by atoms with E-state index in [-0.39, 0.29) is 23.7 Å². The van der Waals surface area contributed by atoms with Gasteiger partial charge in [-0.1, -0.05) is 12.1 Å². The molecule has 1 fully saturated rings. The van der Waals surface area contributed by atoms with E-state index >= 15 is 0 Å². The zero-order valence-electron chi connectivity index (χ0n) is 19.7. The van der Waals surface area contributed by atoms with Crippen LogP contribution in [0.2, 0.25) is 0 Å². The van der Waals surface area contributed by atoms with Crippen LogP contribution in [0.5, 0.6) is 5.75 Å². The molecule has 0 bridgehead atoms. The number of aryl methyl sites for hydroxylation is 2. The summed E-state index contributed by atoms with van der Waals surface area (Å²) in [4.78, 5) is 30.8. The number of aromatic amines is 1. The molecule has 1 saturated heterocycles. The van der Waals surface area contributed by atoms with Crippen molar-refractivity contribution in [1.29, 1.82) is 0 Å². The molecule has 33 heavy (non-hydrogen) atoms. The van der Waals surface area contributed by atoms with E-state index in [1.807, 2.05) is 49.9 Å². The number of nitrogens with zero attached hydrogens (tertiary/aromatic N) is 2. The first-order valence-electron chi connectivity index (χ1n) is 11.5. The van der Waals surface area contributed by atoms with Crippen molar-refractivity contribution in [1.82, 2.24) is 20.4 Å². The largest absolute Gasteiger partial charge is 0.497 e. The molecule has 0 radical (unpaired) electrons. The van der Waals surface area contributed by atoms with Crippen molar-refractivity contribution in [2.45, 2.75) is 40.0 Å². The van der Waals surface area contributed by atoms with Crippen LogP contribution in [-0.2, 0) is 11.2 Å². The normalized spacial score (nSPS) is 15.6. The Kier molecular flexibility index (Phi) is 6.72. The maximum Gasteiger partial charge on any atom is 0.270 e. The summed E-state index contributed by atoms with van der Waals surface area (Å²) in [5, 5.41) is 7.99. The van der Waals surface area contributed by atoms with Crippen molar-refractivity contribution >= 4 is 22.7 Å². The highest BCUT2D eigenvalue weighted by Crippen LogP contribution is 2.27. The Balaban J connectivity index is 1.28. The van der Waals surface area contributed by atoms with Crippen LogP contribution in [0, 0.1) is 25.7 Å². The summed E-state index contributed by atoms with van der Waals surface area (Å²) in [6.07, 6.45) is 2.35. The van der Waals surface area contributed by atoms with Crippen LogP contribution in [0.25, 0.3) is 10.9 Å². The van der Waals surface area contributed by atoms with Crippen molar-refractivity contribution in [2.75, 3.05) is 26.7 Å². The number of benzene rings is 1. The highest BCUT2D eigenvalue weighted by molar-refractivity contribution is 5.98. The molecule has 2 amide bonds. The Bertz CT molecular complexity index is 1120. The van der Waals surface area contributed by atoms with Crippen LogP contribution in [0.1, 0.15) is 47.3 Å². The van der Waals surface area contributed by atoms with Crippen LogP contribution < -0.4 is 10.1 Å². The maximum absolute atomic E-state index is 13.0. The number of hydrogen-bond acceptors (Lipinski definition) is 5. The first-order valence-corrected chi connectivity index (χ1v) is 11.5. The van der Waals surface area contributed by atoms with Gasteiger partial charge in [-0.15, -0.1) is 0 Å². The van der Waals surface area contributed by atoms with E-state index in [9.17, 15) is 9.59 Å².